The van der Waals surface area contributed by atoms with Crippen molar-refractivity contribution in [1.82, 2.24) is 19.5 Å². The second-order valence-electron chi connectivity index (χ2n) is 4.18. The van der Waals surface area contributed by atoms with Crippen molar-refractivity contribution in [2.75, 3.05) is 0 Å². The number of benzene rings is 1. The van der Waals surface area contributed by atoms with Gasteiger partial charge in [0, 0.05) is 6.20 Å². The van der Waals surface area contributed by atoms with E-state index in [9.17, 15) is 9.59 Å². The molecule has 0 amide bonds. The molecule has 6 heteroatoms. The first-order valence-electron chi connectivity index (χ1n) is 5.64. The predicted octanol–water partition coefficient (Wildman–Crippen LogP) is 0.720. The summed E-state index contributed by atoms with van der Waals surface area (Å²) < 4.78 is 1.32. The van der Waals surface area contributed by atoms with E-state index in [1.54, 1.807) is 24.3 Å². The Morgan fingerprint density at radius 3 is 2.84 bits per heavy atom. The van der Waals surface area contributed by atoms with E-state index < -0.39 is 0 Å². The molecular formula is C13H6N4O2. The maximum absolute atomic E-state index is 12.4. The van der Waals surface area contributed by atoms with Crippen molar-refractivity contribution < 1.29 is 4.79 Å². The van der Waals surface area contributed by atoms with E-state index in [4.69, 9.17) is 0 Å². The average molecular weight is 250 g/mol. The van der Waals surface area contributed by atoms with Crippen molar-refractivity contribution in [3.63, 3.8) is 0 Å². The van der Waals surface area contributed by atoms with E-state index in [0.717, 1.165) is 0 Å². The smallest absolute Gasteiger partial charge is 0.269 e. The third-order valence-corrected chi connectivity index (χ3v) is 3.14. The number of fused-ring (bicyclic) bond motifs is 4. The molecule has 0 spiro atoms. The van der Waals surface area contributed by atoms with Crippen molar-refractivity contribution in [3.8, 4) is 5.69 Å². The van der Waals surface area contributed by atoms with Crippen LogP contribution in [-0.2, 0) is 0 Å². The van der Waals surface area contributed by atoms with E-state index in [1.807, 2.05) is 0 Å². The summed E-state index contributed by atoms with van der Waals surface area (Å²) in [4.78, 5) is 36.6. The predicted molar refractivity (Wildman–Crippen MR) is 66.4 cm³/mol. The summed E-state index contributed by atoms with van der Waals surface area (Å²) in [6.45, 7) is 0. The van der Waals surface area contributed by atoms with Gasteiger partial charge in [-0.15, -0.1) is 0 Å². The minimum atomic E-state index is -0.320. The lowest BCUT2D eigenvalue weighted by Gasteiger charge is -2.03. The van der Waals surface area contributed by atoms with Crippen molar-refractivity contribution in [2.45, 2.75) is 0 Å². The molecule has 4 rings (SSSR count). The Balaban J connectivity index is 2.24. The molecule has 0 bridgehead atoms. The van der Waals surface area contributed by atoms with Crippen LogP contribution in [0.25, 0.3) is 16.7 Å². The molecule has 0 saturated heterocycles. The maximum atomic E-state index is 12.4. The summed E-state index contributed by atoms with van der Waals surface area (Å²) in [6, 6.07) is 6.94. The highest BCUT2D eigenvalue weighted by Crippen LogP contribution is 2.25. The monoisotopic (exact) mass is 250 g/mol. The van der Waals surface area contributed by atoms with Crippen molar-refractivity contribution in [2.24, 2.45) is 0 Å². The normalized spacial score (nSPS) is 12.5. The fraction of sp³-hybridized carbons (Fsp3) is 0. The summed E-state index contributed by atoms with van der Waals surface area (Å²) in [5.41, 5.74) is 0.965. The highest BCUT2D eigenvalue weighted by Gasteiger charge is 2.29. The van der Waals surface area contributed by atoms with Gasteiger partial charge in [-0.25, -0.2) is 15.0 Å². The number of rotatable bonds is 0. The molecule has 1 aliphatic heterocycles. The highest BCUT2D eigenvalue weighted by atomic mass is 16.1. The summed E-state index contributed by atoms with van der Waals surface area (Å²) in [5, 5.41) is 0.302. The molecule has 1 aliphatic rings. The number of nitrogens with zero attached hydrogens (tertiary/aromatic N) is 4. The zero-order valence-electron chi connectivity index (χ0n) is 9.57. The first-order valence-corrected chi connectivity index (χ1v) is 5.64. The van der Waals surface area contributed by atoms with Crippen molar-refractivity contribution >= 4 is 16.8 Å². The van der Waals surface area contributed by atoms with Gasteiger partial charge in [0.1, 0.15) is 11.7 Å². The molecule has 3 heterocycles. The molecule has 19 heavy (non-hydrogen) atoms. The van der Waals surface area contributed by atoms with Gasteiger partial charge < -0.3 is 0 Å². The van der Waals surface area contributed by atoms with Crippen LogP contribution in [0.5, 0.6) is 0 Å². The van der Waals surface area contributed by atoms with Gasteiger partial charge in [0.25, 0.3) is 5.56 Å². The highest BCUT2D eigenvalue weighted by molar-refractivity contribution is 6.13. The molecule has 6 nitrogen and oxygen atoms in total. The lowest BCUT2D eigenvalue weighted by molar-refractivity contribution is 0.103. The van der Waals surface area contributed by atoms with Crippen LogP contribution in [0.4, 0.5) is 0 Å². The minimum absolute atomic E-state index is 0.109. The summed E-state index contributed by atoms with van der Waals surface area (Å²) in [6.07, 6.45) is 2.72. The zero-order chi connectivity index (χ0) is 13.0. The van der Waals surface area contributed by atoms with Crippen LogP contribution in [0, 0.1) is 0 Å². The Hall–Kier alpha value is -2.89. The number of ketones is 1. The van der Waals surface area contributed by atoms with Crippen LogP contribution in [0.3, 0.4) is 0 Å². The molecule has 2 aromatic heterocycles. The Morgan fingerprint density at radius 2 is 1.95 bits per heavy atom. The van der Waals surface area contributed by atoms with E-state index >= 15 is 0 Å². The number of carbonyl (C=O) groups is 1. The Kier molecular flexibility index (Phi) is 1.76. The molecule has 0 unspecified atom stereocenters. The van der Waals surface area contributed by atoms with Gasteiger partial charge in [-0.2, -0.15) is 0 Å². The summed E-state index contributed by atoms with van der Waals surface area (Å²) in [7, 11) is 0. The Morgan fingerprint density at radius 1 is 1.11 bits per heavy atom. The van der Waals surface area contributed by atoms with Crippen LogP contribution in [0.15, 0.2) is 41.6 Å². The molecule has 0 fully saturated rings. The van der Waals surface area contributed by atoms with Crippen LogP contribution in [-0.4, -0.2) is 25.3 Å². The topological polar surface area (TPSA) is 77.7 Å². The first kappa shape index (κ1) is 10.1. The minimum Gasteiger partial charge on any atom is -0.285 e. The van der Waals surface area contributed by atoms with Gasteiger partial charge in [-0.3, -0.25) is 14.2 Å². The van der Waals surface area contributed by atoms with E-state index in [0.29, 0.717) is 16.6 Å². The fourth-order valence-electron chi connectivity index (χ4n) is 2.29. The maximum Gasteiger partial charge on any atom is 0.269 e. The van der Waals surface area contributed by atoms with Crippen LogP contribution < -0.4 is 5.56 Å². The molecule has 1 aromatic carbocycles. The number of para-hydroxylation sites is 1. The number of hydrogen-bond acceptors (Lipinski definition) is 5. The van der Waals surface area contributed by atoms with Crippen molar-refractivity contribution in [1.29, 1.82) is 0 Å². The lowest BCUT2D eigenvalue weighted by Crippen LogP contribution is -2.22. The molecule has 0 saturated carbocycles. The first-order chi connectivity index (χ1) is 9.27. The fourth-order valence-corrected chi connectivity index (χ4v) is 2.29. The zero-order valence-corrected chi connectivity index (χ0v) is 9.57. The molecule has 3 aromatic rings. The van der Waals surface area contributed by atoms with Gasteiger partial charge in [-0.1, -0.05) is 12.1 Å². The third-order valence-electron chi connectivity index (χ3n) is 3.14. The summed E-state index contributed by atoms with van der Waals surface area (Å²) >= 11 is 0. The third kappa shape index (κ3) is 1.17. The molecular weight excluding hydrogens is 244 g/mol. The van der Waals surface area contributed by atoms with Crippen molar-refractivity contribution in [3.05, 3.63) is 58.5 Å². The van der Waals surface area contributed by atoms with Gasteiger partial charge in [0.05, 0.1) is 11.3 Å². The molecule has 90 valence electrons. The molecule has 0 aliphatic carbocycles. The summed E-state index contributed by atoms with van der Waals surface area (Å²) in [5.74, 6) is -0.148. The number of hydrogen-bond donors (Lipinski definition) is 0. The Bertz CT molecular complexity index is 914. The SMILES string of the molecule is O=C1c2ccccc2-n2c1nc1ncncc1c2=O. The quantitative estimate of drug-likeness (QED) is 0.459. The van der Waals surface area contributed by atoms with Gasteiger partial charge in [0.15, 0.2) is 11.5 Å². The second kappa shape index (κ2) is 3.32. The lowest BCUT2D eigenvalue weighted by atomic mass is 10.1. The van der Waals surface area contributed by atoms with E-state index in [1.165, 1.54) is 17.1 Å². The van der Waals surface area contributed by atoms with E-state index in [-0.39, 0.29) is 22.8 Å². The van der Waals surface area contributed by atoms with Crippen LogP contribution >= 0.6 is 0 Å². The largest absolute Gasteiger partial charge is 0.285 e. The van der Waals surface area contributed by atoms with Gasteiger partial charge in [0.2, 0.25) is 5.78 Å². The number of carbonyl (C=O) groups excluding carboxylic acids is 1. The van der Waals surface area contributed by atoms with Gasteiger partial charge >= 0.3 is 0 Å². The van der Waals surface area contributed by atoms with Crippen LogP contribution in [0.2, 0.25) is 0 Å². The van der Waals surface area contributed by atoms with Gasteiger partial charge in [-0.05, 0) is 12.1 Å². The van der Waals surface area contributed by atoms with E-state index in [2.05, 4.69) is 15.0 Å². The molecule has 0 radical (unpaired) electrons. The molecule has 0 atom stereocenters. The van der Waals surface area contributed by atoms with Crippen LogP contribution in [0.1, 0.15) is 16.2 Å². The standard InChI is InChI=1S/C13H6N4O2/c18-10-7-3-1-2-4-9(7)17-12(10)16-11-8(13(17)19)5-14-6-15-11/h1-6H. The average Bonchev–Trinajstić information content (AvgIpc) is 2.74. The Labute approximate surface area is 106 Å². The second-order valence-corrected chi connectivity index (χ2v) is 4.18. The molecule has 0 N–H and O–H groups in total. The number of aromatic nitrogens is 4.